The molecule has 0 saturated carbocycles. The first-order valence-electron chi connectivity index (χ1n) is 6.23. The fraction of sp³-hybridized carbons (Fsp3) is 0.846. The third-order valence-electron chi connectivity index (χ3n) is 1.97. The number of ketones is 1. The maximum atomic E-state index is 11.0. The van der Waals surface area contributed by atoms with Crippen molar-refractivity contribution in [2.24, 2.45) is 0 Å². The molecule has 3 nitrogen and oxygen atoms in total. The summed E-state index contributed by atoms with van der Waals surface area (Å²) in [6.45, 7) is 7.89. The topological polar surface area (TPSA) is 43.4 Å². The van der Waals surface area contributed by atoms with E-state index in [9.17, 15) is 9.59 Å². The van der Waals surface area contributed by atoms with Crippen molar-refractivity contribution in [3.63, 3.8) is 0 Å². The molecule has 96 valence electrons. The molecule has 0 amide bonds. The van der Waals surface area contributed by atoms with Gasteiger partial charge in [0.05, 0.1) is 6.61 Å². The molecule has 0 unspecified atom stereocenters. The van der Waals surface area contributed by atoms with E-state index in [1.807, 2.05) is 0 Å². The minimum absolute atomic E-state index is 0.211. The van der Waals surface area contributed by atoms with Crippen molar-refractivity contribution in [1.29, 1.82) is 0 Å². The number of carbonyl (C=O) groups excluding carboxylic acids is 2. The smallest absolute Gasteiger partial charge is 0.302 e. The zero-order chi connectivity index (χ0) is 12.8. The normalized spacial score (nSPS) is 9.00. The van der Waals surface area contributed by atoms with E-state index in [1.165, 1.54) is 6.92 Å². The summed E-state index contributed by atoms with van der Waals surface area (Å²) in [6.07, 6.45) is 6.02. The molecule has 0 fully saturated rings. The van der Waals surface area contributed by atoms with E-state index in [2.05, 4.69) is 18.6 Å². The Balaban J connectivity index is 0. The van der Waals surface area contributed by atoms with Crippen molar-refractivity contribution in [2.45, 2.75) is 66.2 Å². The Morgan fingerprint density at radius 2 is 1.38 bits per heavy atom. The summed E-state index contributed by atoms with van der Waals surface area (Å²) >= 11 is 0. The monoisotopic (exact) mass is 230 g/mol. The van der Waals surface area contributed by atoms with Crippen molar-refractivity contribution < 1.29 is 14.3 Å². The highest BCUT2D eigenvalue weighted by Crippen LogP contribution is 2.02. The molecule has 0 aromatic heterocycles. The largest absolute Gasteiger partial charge is 0.466 e. The van der Waals surface area contributed by atoms with Gasteiger partial charge >= 0.3 is 5.97 Å². The van der Waals surface area contributed by atoms with Gasteiger partial charge in [-0.2, -0.15) is 0 Å². The number of hydrogen-bond donors (Lipinski definition) is 0. The Hall–Kier alpha value is -0.860. The molecule has 0 atom stereocenters. The number of unbranched alkanes of at least 4 members (excludes halogenated alkanes) is 2. The van der Waals surface area contributed by atoms with Crippen molar-refractivity contribution in [3.05, 3.63) is 0 Å². The Labute approximate surface area is 99.6 Å². The van der Waals surface area contributed by atoms with Gasteiger partial charge in [0, 0.05) is 19.8 Å². The highest BCUT2D eigenvalue weighted by Gasteiger charge is 1.98. The lowest BCUT2D eigenvalue weighted by Gasteiger charge is -1.96. The van der Waals surface area contributed by atoms with Crippen LogP contribution < -0.4 is 0 Å². The van der Waals surface area contributed by atoms with Gasteiger partial charge in [0.2, 0.25) is 0 Å². The summed E-state index contributed by atoms with van der Waals surface area (Å²) in [5, 5.41) is 0. The Morgan fingerprint density at radius 3 is 1.56 bits per heavy atom. The molecule has 0 spiro atoms. The molecule has 3 heteroatoms. The first-order valence-corrected chi connectivity index (χ1v) is 6.23. The molecule has 0 aliphatic rings. The lowest BCUT2D eigenvalue weighted by molar-refractivity contribution is -0.140. The number of ether oxygens (including phenoxy) is 1. The first kappa shape index (κ1) is 17.5. The highest BCUT2D eigenvalue weighted by molar-refractivity contribution is 5.78. The van der Waals surface area contributed by atoms with Crippen LogP contribution in [0.5, 0.6) is 0 Å². The van der Waals surface area contributed by atoms with Crippen LogP contribution in [0.1, 0.15) is 66.2 Å². The molecule has 16 heavy (non-hydrogen) atoms. The fourth-order valence-corrected chi connectivity index (χ4v) is 1.08. The number of rotatable bonds is 7. The third kappa shape index (κ3) is 18.8. The van der Waals surface area contributed by atoms with E-state index in [0.29, 0.717) is 12.4 Å². The van der Waals surface area contributed by atoms with E-state index in [4.69, 9.17) is 0 Å². The molecule has 0 aromatic rings. The predicted molar refractivity (Wildman–Crippen MR) is 66.4 cm³/mol. The van der Waals surface area contributed by atoms with Crippen LogP contribution in [-0.2, 0) is 14.3 Å². The van der Waals surface area contributed by atoms with E-state index < -0.39 is 0 Å². The zero-order valence-corrected chi connectivity index (χ0v) is 11.2. The molecule has 0 heterocycles. The van der Waals surface area contributed by atoms with Crippen LogP contribution in [-0.4, -0.2) is 18.4 Å². The minimum atomic E-state index is -0.211. The van der Waals surface area contributed by atoms with Gasteiger partial charge in [0.1, 0.15) is 5.78 Å². The lowest BCUT2D eigenvalue weighted by Crippen LogP contribution is -1.96. The molecule has 0 radical (unpaired) electrons. The fourth-order valence-electron chi connectivity index (χ4n) is 1.08. The summed E-state index contributed by atoms with van der Waals surface area (Å²) in [6, 6.07) is 0. The summed E-state index contributed by atoms with van der Waals surface area (Å²) in [7, 11) is 0. The summed E-state index contributed by atoms with van der Waals surface area (Å²) in [5.74, 6) is 0.237. The van der Waals surface area contributed by atoms with E-state index in [0.717, 1.165) is 38.5 Å². The Morgan fingerprint density at radius 1 is 0.938 bits per heavy atom. The van der Waals surface area contributed by atoms with Crippen molar-refractivity contribution in [2.75, 3.05) is 6.61 Å². The Kier molecular flexibility index (Phi) is 15.5. The third-order valence-corrected chi connectivity index (χ3v) is 1.97. The number of hydrogen-bond acceptors (Lipinski definition) is 3. The average Bonchev–Trinajstić information content (AvgIpc) is 2.24. The number of esters is 1. The number of carbonyl (C=O) groups is 2. The van der Waals surface area contributed by atoms with Gasteiger partial charge in [-0.3, -0.25) is 9.59 Å². The van der Waals surface area contributed by atoms with Gasteiger partial charge in [0.15, 0.2) is 0 Å². The minimum Gasteiger partial charge on any atom is -0.466 e. The van der Waals surface area contributed by atoms with Gasteiger partial charge < -0.3 is 4.74 Å². The lowest BCUT2D eigenvalue weighted by atomic mass is 10.1. The van der Waals surface area contributed by atoms with Crippen LogP contribution in [0.4, 0.5) is 0 Å². The SMILES string of the molecule is CCCCC(=O)CCCC.CCOC(C)=O. The van der Waals surface area contributed by atoms with Crippen molar-refractivity contribution in [1.82, 2.24) is 0 Å². The second kappa shape index (κ2) is 14.1. The van der Waals surface area contributed by atoms with Gasteiger partial charge in [0.25, 0.3) is 0 Å². The molecule has 0 aliphatic carbocycles. The summed E-state index contributed by atoms with van der Waals surface area (Å²) in [4.78, 5) is 20.8. The maximum Gasteiger partial charge on any atom is 0.302 e. The van der Waals surface area contributed by atoms with Gasteiger partial charge in [-0.15, -0.1) is 0 Å². The van der Waals surface area contributed by atoms with Crippen molar-refractivity contribution >= 4 is 11.8 Å². The molecular formula is C13H26O3. The van der Waals surface area contributed by atoms with Crippen LogP contribution >= 0.6 is 0 Å². The molecule has 0 N–H and O–H groups in total. The predicted octanol–water partition coefficient (Wildman–Crippen LogP) is 3.51. The standard InChI is InChI=1S/C9H18O.C4H8O2/c1-3-5-7-9(10)8-6-4-2;1-3-6-4(2)5/h3-8H2,1-2H3;3H2,1-2H3. The van der Waals surface area contributed by atoms with Crippen LogP contribution in [0.3, 0.4) is 0 Å². The maximum absolute atomic E-state index is 11.0. The van der Waals surface area contributed by atoms with E-state index >= 15 is 0 Å². The highest BCUT2D eigenvalue weighted by atomic mass is 16.5. The molecule has 0 bridgehead atoms. The zero-order valence-electron chi connectivity index (χ0n) is 11.2. The van der Waals surface area contributed by atoms with Gasteiger partial charge in [-0.05, 0) is 19.8 Å². The molecule has 0 rings (SSSR count). The average molecular weight is 230 g/mol. The van der Waals surface area contributed by atoms with E-state index in [-0.39, 0.29) is 5.97 Å². The van der Waals surface area contributed by atoms with Crippen LogP contribution in [0.2, 0.25) is 0 Å². The molecule has 0 aliphatic heterocycles. The van der Waals surface area contributed by atoms with E-state index in [1.54, 1.807) is 6.92 Å². The van der Waals surface area contributed by atoms with Gasteiger partial charge in [-0.1, -0.05) is 26.7 Å². The summed E-state index contributed by atoms with van der Waals surface area (Å²) in [5.41, 5.74) is 0. The Bertz CT molecular complexity index is 166. The number of Topliss-reactive ketones (excluding diaryl/α,β-unsaturated/α-hetero) is 1. The first-order chi connectivity index (χ1) is 7.58. The van der Waals surface area contributed by atoms with Gasteiger partial charge in [-0.25, -0.2) is 0 Å². The second-order valence-corrected chi connectivity index (χ2v) is 3.67. The van der Waals surface area contributed by atoms with Crippen LogP contribution in [0.15, 0.2) is 0 Å². The van der Waals surface area contributed by atoms with Crippen LogP contribution in [0.25, 0.3) is 0 Å². The molecule has 0 aromatic carbocycles. The van der Waals surface area contributed by atoms with Crippen molar-refractivity contribution in [3.8, 4) is 0 Å². The molecule has 0 saturated heterocycles. The quantitative estimate of drug-likeness (QED) is 0.629. The van der Waals surface area contributed by atoms with Crippen LogP contribution in [0, 0.1) is 0 Å². The summed E-state index contributed by atoms with van der Waals surface area (Å²) < 4.78 is 4.40. The molecular weight excluding hydrogens is 204 g/mol. The second-order valence-electron chi connectivity index (χ2n) is 3.67.